The smallest absolute Gasteiger partial charge is 0.228 e. The highest BCUT2D eigenvalue weighted by atomic mass is 19.1. The third-order valence-corrected chi connectivity index (χ3v) is 5.35. The van der Waals surface area contributed by atoms with Gasteiger partial charge in [0.1, 0.15) is 0 Å². The number of anilines is 2. The molecule has 4 rings (SSSR count). The Morgan fingerprint density at radius 2 is 2.00 bits per heavy atom. The first kappa shape index (κ1) is 26.5. The number of rotatable bonds is 10. The summed E-state index contributed by atoms with van der Waals surface area (Å²) in [5, 5.41) is 16.5. The lowest BCUT2D eigenvalue weighted by atomic mass is 9.96. The monoisotopic (exact) mass is 493 g/mol. The molecular formula is C25H32FN9O. The standard InChI is InChI=1S/C15H23N5.C10H9FN4O/c1-5-7-12(6-2)13-8-10(3)16-15(17-13)18-14-9-11(4)19-20-14;11-9-5-14-15(6-9)10-2-1-8(4-13-10)3-12-7-16/h8-9,12H,5-7H2,1-4H3,(H2,16,17,18,19,20);1-2,4-7H,3H2,(H,12,16). The van der Waals surface area contributed by atoms with Gasteiger partial charge in [0.15, 0.2) is 17.5 Å². The van der Waals surface area contributed by atoms with Crippen molar-refractivity contribution in [2.75, 3.05) is 5.32 Å². The van der Waals surface area contributed by atoms with E-state index in [0.717, 1.165) is 47.5 Å². The number of aromatic amines is 1. The van der Waals surface area contributed by atoms with Crippen LogP contribution in [0, 0.1) is 19.7 Å². The van der Waals surface area contributed by atoms with Crippen LogP contribution in [0.15, 0.2) is 42.9 Å². The molecule has 1 atom stereocenters. The van der Waals surface area contributed by atoms with Gasteiger partial charge in [-0.1, -0.05) is 26.3 Å². The highest BCUT2D eigenvalue weighted by molar-refractivity contribution is 5.48. The fraction of sp³-hybridized carbons (Fsp3) is 0.360. The van der Waals surface area contributed by atoms with E-state index in [-0.39, 0.29) is 0 Å². The summed E-state index contributed by atoms with van der Waals surface area (Å²) in [6.07, 6.45) is 8.01. The van der Waals surface area contributed by atoms with Crippen molar-refractivity contribution >= 4 is 18.2 Å². The molecule has 0 radical (unpaired) electrons. The molecule has 10 nitrogen and oxygen atoms in total. The summed E-state index contributed by atoms with van der Waals surface area (Å²) in [5.41, 5.74) is 3.98. The number of nitrogens with one attached hydrogen (secondary N) is 3. The van der Waals surface area contributed by atoms with Crippen LogP contribution in [0.2, 0.25) is 0 Å². The van der Waals surface area contributed by atoms with Gasteiger partial charge >= 0.3 is 0 Å². The van der Waals surface area contributed by atoms with Crippen LogP contribution < -0.4 is 10.6 Å². The van der Waals surface area contributed by atoms with Gasteiger partial charge in [-0.05, 0) is 44.4 Å². The summed E-state index contributed by atoms with van der Waals surface area (Å²) in [7, 11) is 0. The molecule has 4 aromatic heterocycles. The number of carbonyl (C=O) groups excluding carboxylic acids is 1. The normalized spacial score (nSPS) is 11.4. The summed E-state index contributed by atoms with van der Waals surface area (Å²) in [5.74, 6) is 2.00. The zero-order valence-electron chi connectivity index (χ0n) is 21.0. The maximum absolute atomic E-state index is 12.7. The number of aryl methyl sites for hydroxylation is 2. The van der Waals surface area contributed by atoms with Crippen LogP contribution in [-0.4, -0.2) is 41.3 Å². The number of hydrogen-bond donors (Lipinski definition) is 3. The van der Waals surface area contributed by atoms with Gasteiger partial charge in [-0.15, -0.1) is 0 Å². The van der Waals surface area contributed by atoms with Gasteiger partial charge in [0, 0.05) is 41.8 Å². The second kappa shape index (κ2) is 13.1. The minimum atomic E-state index is -0.409. The molecule has 1 amide bonds. The first-order valence-corrected chi connectivity index (χ1v) is 11.9. The van der Waals surface area contributed by atoms with Crippen LogP contribution in [0.25, 0.3) is 5.82 Å². The third-order valence-electron chi connectivity index (χ3n) is 5.35. The second-order valence-electron chi connectivity index (χ2n) is 8.34. The van der Waals surface area contributed by atoms with E-state index in [1.54, 1.807) is 18.3 Å². The molecule has 36 heavy (non-hydrogen) atoms. The predicted octanol–water partition coefficient (Wildman–Crippen LogP) is 4.51. The van der Waals surface area contributed by atoms with Crippen LogP contribution in [0.4, 0.5) is 16.2 Å². The molecule has 4 aromatic rings. The third kappa shape index (κ3) is 7.69. The van der Waals surface area contributed by atoms with E-state index in [1.165, 1.54) is 17.3 Å². The van der Waals surface area contributed by atoms with E-state index >= 15 is 0 Å². The number of aromatic nitrogens is 7. The Hall–Kier alpha value is -4.15. The SMILES string of the molecule is CCCC(CC)c1cc(C)nc(Nc2cc(C)[nH]n2)n1.O=CNCc1ccc(-n2cc(F)cn2)nc1. The van der Waals surface area contributed by atoms with Crippen molar-refractivity contribution in [2.24, 2.45) is 0 Å². The van der Waals surface area contributed by atoms with Gasteiger partial charge in [-0.3, -0.25) is 9.89 Å². The van der Waals surface area contributed by atoms with Gasteiger partial charge in [0.2, 0.25) is 12.4 Å². The summed E-state index contributed by atoms with van der Waals surface area (Å²) in [4.78, 5) is 23.3. The zero-order valence-corrected chi connectivity index (χ0v) is 21.0. The van der Waals surface area contributed by atoms with Gasteiger partial charge in [0.05, 0.1) is 12.4 Å². The Morgan fingerprint density at radius 1 is 1.17 bits per heavy atom. The van der Waals surface area contributed by atoms with Crippen molar-refractivity contribution in [1.29, 1.82) is 0 Å². The molecule has 0 saturated carbocycles. The lowest BCUT2D eigenvalue weighted by Crippen LogP contribution is -2.10. The molecule has 0 spiro atoms. The van der Waals surface area contributed by atoms with Gasteiger partial charge in [-0.25, -0.2) is 24.0 Å². The lowest BCUT2D eigenvalue weighted by Gasteiger charge is -2.14. The Balaban J connectivity index is 0.000000205. The number of amides is 1. The molecular weight excluding hydrogens is 461 g/mol. The number of pyridine rings is 1. The minimum absolute atomic E-state index is 0.409. The summed E-state index contributed by atoms with van der Waals surface area (Å²) < 4.78 is 14.0. The van der Waals surface area contributed by atoms with E-state index in [2.05, 4.69) is 60.8 Å². The summed E-state index contributed by atoms with van der Waals surface area (Å²) >= 11 is 0. The zero-order chi connectivity index (χ0) is 25.9. The first-order valence-electron chi connectivity index (χ1n) is 11.9. The lowest BCUT2D eigenvalue weighted by molar-refractivity contribution is -0.109. The molecule has 0 aliphatic carbocycles. The van der Waals surface area contributed by atoms with Crippen LogP contribution >= 0.6 is 0 Å². The number of halogens is 1. The van der Waals surface area contributed by atoms with Crippen molar-refractivity contribution in [1.82, 2.24) is 40.2 Å². The molecule has 0 aromatic carbocycles. The van der Waals surface area contributed by atoms with Crippen molar-refractivity contribution in [3.05, 3.63) is 71.3 Å². The number of carbonyl (C=O) groups is 1. The first-order chi connectivity index (χ1) is 17.4. The van der Waals surface area contributed by atoms with Crippen LogP contribution in [-0.2, 0) is 11.3 Å². The topological polar surface area (TPSA) is 126 Å². The van der Waals surface area contributed by atoms with E-state index in [9.17, 15) is 9.18 Å². The van der Waals surface area contributed by atoms with Crippen molar-refractivity contribution in [3.8, 4) is 5.82 Å². The van der Waals surface area contributed by atoms with Gasteiger partial charge in [0.25, 0.3) is 0 Å². The Labute approximate surface area is 209 Å². The molecule has 190 valence electrons. The maximum atomic E-state index is 12.7. The molecule has 0 aliphatic rings. The molecule has 0 bridgehead atoms. The van der Waals surface area contributed by atoms with E-state index in [0.29, 0.717) is 30.6 Å². The number of nitrogens with zero attached hydrogens (tertiary/aromatic N) is 6. The maximum Gasteiger partial charge on any atom is 0.228 e. The van der Waals surface area contributed by atoms with E-state index in [4.69, 9.17) is 0 Å². The second-order valence-corrected chi connectivity index (χ2v) is 8.34. The molecule has 3 N–H and O–H groups in total. The Kier molecular flexibility index (Phi) is 9.61. The molecule has 0 aliphatic heterocycles. The molecule has 1 unspecified atom stereocenters. The highest BCUT2D eigenvalue weighted by Crippen LogP contribution is 2.25. The molecule has 4 heterocycles. The minimum Gasteiger partial charge on any atom is -0.355 e. The van der Waals surface area contributed by atoms with Gasteiger partial charge in [-0.2, -0.15) is 10.2 Å². The van der Waals surface area contributed by atoms with Gasteiger partial charge < -0.3 is 10.6 Å². The quantitative estimate of drug-likeness (QED) is 0.278. The molecule has 0 fully saturated rings. The fourth-order valence-electron chi connectivity index (χ4n) is 3.61. The Bertz CT molecular complexity index is 1240. The van der Waals surface area contributed by atoms with Crippen molar-refractivity contribution < 1.29 is 9.18 Å². The van der Waals surface area contributed by atoms with E-state index in [1.807, 2.05) is 19.9 Å². The average molecular weight is 494 g/mol. The Morgan fingerprint density at radius 3 is 2.58 bits per heavy atom. The van der Waals surface area contributed by atoms with Crippen molar-refractivity contribution in [3.63, 3.8) is 0 Å². The number of hydrogen-bond acceptors (Lipinski definition) is 7. The number of H-pyrrole nitrogens is 1. The van der Waals surface area contributed by atoms with Crippen LogP contribution in [0.1, 0.15) is 61.7 Å². The highest BCUT2D eigenvalue weighted by Gasteiger charge is 2.13. The molecule has 11 heteroatoms. The molecule has 0 saturated heterocycles. The van der Waals surface area contributed by atoms with E-state index < -0.39 is 5.82 Å². The summed E-state index contributed by atoms with van der Waals surface area (Å²) in [6, 6.07) is 7.52. The van der Waals surface area contributed by atoms with Crippen molar-refractivity contribution in [2.45, 2.75) is 59.4 Å². The van der Waals surface area contributed by atoms with Crippen LogP contribution in [0.3, 0.4) is 0 Å². The predicted molar refractivity (Wildman–Crippen MR) is 136 cm³/mol. The summed E-state index contributed by atoms with van der Waals surface area (Å²) in [6.45, 7) is 8.81. The van der Waals surface area contributed by atoms with Crippen LogP contribution in [0.5, 0.6) is 0 Å². The average Bonchev–Trinajstić information content (AvgIpc) is 3.49. The fourth-order valence-corrected chi connectivity index (χ4v) is 3.61. The largest absolute Gasteiger partial charge is 0.355 e.